The first kappa shape index (κ1) is 15.4. The molecule has 0 aliphatic carbocycles. The van der Waals surface area contributed by atoms with Gasteiger partial charge in [0.15, 0.2) is 11.6 Å². The minimum absolute atomic E-state index is 0.0345. The van der Waals surface area contributed by atoms with Gasteiger partial charge in [0.25, 0.3) is 5.91 Å². The van der Waals surface area contributed by atoms with Crippen molar-refractivity contribution in [1.29, 1.82) is 0 Å². The number of nitrogens with zero attached hydrogens (tertiary/aromatic N) is 1. The van der Waals surface area contributed by atoms with E-state index < -0.39 is 17.5 Å². The number of carbonyl (C=O) groups excluding carboxylic acids is 1. The quantitative estimate of drug-likeness (QED) is 0.881. The van der Waals surface area contributed by atoms with Crippen LogP contribution in [-0.2, 0) is 0 Å². The van der Waals surface area contributed by atoms with Gasteiger partial charge >= 0.3 is 0 Å². The van der Waals surface area contributed by atoms with Crippen molar-refractivity contribution < 1.29 is 18.3 Å². The number of benzene rings is 1. The van der Waals surface area contributed by atoms with E-state index in [1.54, 1.807) is 24.5 Å². The predicted molar refractivity (Wildman–Crippen MR) is 76.2 cm³/mol. The monoisotopic (exact) mass is 302 g/mol. The molecule has 2 rings (SSSR count). The van der Waals surface area contributed by atoms with Gasteiger partial charge in [-0.3, -0.25) is 9.78 Å². The number of rotatable bonds is 4. The van der Waals surface area contributed by atoms with Crippen molar-refractivity contribution in [2.24, 2.45) is 0 Å². The summed E-state index contributed by atoms with van der Waals surface area (Å²) in [5.74, 6) is 3.41. The second-order valence-electron chi connectivity index (χ2n) is 4.14. The van der Waals surface area contributed by atoms with Crippen LogP contribution in [-0.4, -0.2) is 24.0 Å². The fourth-order valence-electron chi connectivity index (χ4n) is 1.53. The van der Waals surface area contributed by atoms with Crippen LogP contribution in [0.5, 0.6) is 5.75 Å². The number of carbonyl (C=O) groups is 1. The Morgan fingerprint density at radius 1 is 1.23 bits per heavy atom. The number of hydrogen-bond acceptors (Lipinski definition) is 3. The van der Waals surface area contributed by atoms with Crippen molar-refractivity contribution in [2.75, 3.05) is 13.2 Å². The van der Waals surface area contributed by atoms with Crippen LogP contribution in [0.1, 0.15) is 10.4 Å². The number of aromatic nitrogens is 1. The summed E-state index contributed by atoms with van der Waals surface area (Å²) in [7, 11) is 0. The smallest absolute Gasteiger partial charge is 0.252 e. The van der Waals surface area contributed by atoms with Gasteiger partial charge in [0.2, 0.25) is 0 Å². The first-order chi connectivity index (χ1) is 10.7. The van der Waals surface area contributed by atoms with E-state index in [0.717, 1.165) is 12.1 Å². The standard InChI is InChI=1S/C16H12F2N2O2/c17-14-6-5-12(10-15(14)18)16(21)20-8-1-2-9-22-13-4-3-7-19-11-13/h3-7,10-11H,8-9H2,(H,20,21). The van der Waals surface area contributed by atoms with E-state index in [1.807, 2.05) is 0 Å². The van der Waals surface area contributed by atoms with Gasteiger partial charge in [-0.15, -0.1) is 0 Å². The number of amides is 1. The van der Waals surface area contributed by atoms with Crippen molar-refractivity contribution >= 4 is 5.91 Å². The van der Waals surface area contributed by atoms with Crippen molar-refractivity contribution in [3.8, 4) is 17.6 Å². The highest BCUT2D eigenvalue weighted by Gasteiger charge is 2.08. The molecule has 1 amide bonds. The molecule has 0 spiro atoms. The maximum atomic E-state index is 13.0. The average molecular weight is 302 g/mol. The summed E-state index contributed by atoms with van der Waals surface area (Å²) >= 11 is 0. The largest absolute Gasteiger partial charge is 0.479 e. The number of pyridine rings is 1. The van der Waals surface area contributed by atoms with Crippen LogP contribution in [0, 0.1) is 23.5 Å². The van der Waals surface area contributed by atoms with Crippen molar-refractivity contribution in [3.05, 3.63) is 59.9 Å². The number of nitrogens with one attached hydrogen (secondary N) is 1. The minimum atomic E-state index is -1.07. The van der Waals surface area contributed by atoms with Gasteiger partial charge in [0, 0.05) is 11.8 Å². The molecule has 2 aromatic rings. The molecule has 1 aromatic carbocycles. The van der Waals surface area contributed by atoms with E-state index in [1.165, 1.54) is 6.07 Å². The molecule has 0 aliphatic heterocycles. The molecule has 1 aromatic heterocycles. The van der Waals surface area contributed by atoms with Gasteiger partial charge in [-0.2, -0.15) is 0 Å². The molecule has 0 saturated heterocycles. The molecule has 0 atom stereocenters. The van der Waals surface area contributed by atoms with E-state index in [0.29, 0.717) is 5.75 Å². The van der Waals surface area contributed by atoms with Gasteiger partial charge in [-0.1, -0.05) is 11.8 Å². The number of ether oxygens (including phenoxy) is 1. The third-order valence-electron chi connectivity index (χ3n) is 2.59. The molecule has 4 nitrogen and oxygen atoms in total. The van der Waals surface area contributed by atoms with Crippen LogP contribution in [0.25, 0.3) is 0 Å². The highest BCUT2D eigenvalue weighted by atomic mass is 19.2. The van der Waals surface area contributed by atoms with Crippen LogP contribution in [0.2, 0.25) is 0 Å². The molecular weight excluding hydrogens is 290 g/mol. The summed E-state index contributed by atoms with van der Waals surface area (Å²) in [6.45, 7) is 0.237. The molecule has 0 bridgehead atoms. The lowest BCUT2D eigenvalue weighted by Crippen LogP contribution is -2.23. The second kappa shape index (κ2) is 7.74. The Morgan fingerprint density at radius 3 is 2.82 bits per heavy atom. The van der Waals surface area contributed by atoms with Crippen molar-refractivity contribution in [2.45, 2.75) is 0 Å². The molecule has 1 heterocycles. The first-order valence-electron chi connectivity index (χ1n) is 6.38. The summed E-state index contributed by atoms with van der Waals surface area (Å²) in [6, 6.07) is 6.43. The van der Waals surface area contributed by atoms with Crippen LogP contribution in [0.15, 0.2) is 42.7 Å². The third kappa shape index (κ3) is 4.56. The summed E-state index contributed by atoms with van der Waals surface area (Å²) < 4.78 is 31.0. The normalized spacial score (nSPS) is 9.55. The molecule has 6 heteroatoms. The third-order valence-corrected chi connectivity index (χ3v) is 2.59. The lowest BCUT2D eigenvalue weighted by molar-refractivity contribution is 0.0958. The zero-order valence-corrected chi connectivity index (χ0v) is 11.5. The Morgan fingerprint density at radius 2 is 2.09 bits per heavy atom. The number of halogens is 2. The maximum absolute atomic E-state index is 13.0. The van der Waals surface area contributed by atoms with E-state index >= 15 is 0 Å². The number of hydrogen-bond donors (Lipinski definition) is 1. The van der Waals surface area contributed by atoms with E-state index in [9.17, 15) is 13.6 Å². The van der Waals surface area contributed by atoms with Gasteiger partial charge in [0.05, 0.1) is 12.7 Å². The highest BCUT2D eigenvalue weighted by molar-refractivity contribution is 5.94. The molecule has 0 unspecified atom stereocenters. The second-order valence-corrected chi connectivity index (χ2v) is 4.14. The Hall–Kier alpha value is -2.94. The average Bonchev–Trinajstić information content (AvgIpc) is 2.54. The molecule has 0 radical (unpaired) electrons. The molecule has 112 valence electrons. The predicted octanol–water partition coefficient (Wildman–Crippen LogP) is 2.17. The van der Waals surface area contributed by atoms with E-state index in [4.69, 9.17) is 4.74 Å². The lowest BCUT2D eigenvalue weighted by atomic mass is 10.2. The molecule has 0 saturated carbocycles. The molecule has 22 heavy (non-hydrogen) atoms. The molecule has 0 aliphatic rings. The van der Waals surface area contributed by atoms with Gasteiger partial charge in [0.1, 0.15) is 12.4 Å². The van der Waals surface area contributed by atoms with Crippen LogP contribution in [0.3, 0.4) is 0 Å². The minimum Gasteiger partial charge on any atom is -0.479 e. The fraction of sp³-hybridized carbons (Fsp3) is 0.125. The van der Waals surface area contributed by atoms with Gasteiger partial charge in [-0.25, -0.2) is 8.78 Å². The summed E-state index contributed by atoms with van der Waals surface area (Å²) in [5.41, 5.74) is 0.0345. The Bertz CT molecular complexity index is 709. The fourth-order valence-corrected chi connectivity index (χ4v) is 1.53. The Balaban J connectivity index is 1.75. The van der Waals surface area contributed by atoms with Gasteiger partial charge < -0.3 is 10.1 Å². The zero-order chi connectivity index (χ0) is 15.8. The van der Waals surface area contributed by atoms with E-state index in [2.05, 4.69) is 22.1 Å². The van der Waals surface area contributed by atoms with Crippen molar-refractivity contribution in [3.63, 3.8) is 0 Å². The summed E-state index contributed by atoms with van der Waals surface area (Å²) in [4.78, 5) is 15.5. The SMILES string of the molecule is O=C(NCC#CCOc1cccnc1)c1ccc(F)c(F)c1. The zero-order valence-electron chi connectivity index (χ0n) is 11.5. The van der Waals surface area contributed by atoms with Crippen molar-refractivity contribution in [1.82, 2.24) is 10.3 Å². The van der Waals surface area contributed by atoms with Crippen LogP contribution in [0.4, 0.5) is 8.78 Å². The molecule has 1 N–H and O–H groups in total. The van der Waals surface area contributed by atoms with E-state index in [-0.39, 0.29) is 18.7 Å². The van der Waals surface area contributed by atoms with Crippen LogP contribution >= 0.6 is 0 Å². The Kier molecular flexibility index (Phi) is 5.44. The summed E-state index contributed by atoms with van der Waals surface area (Å²) in [6.07, 6.45) is 3.19. The first-order valence-corrected chi connectivity index (χ1v) is 6.38. The molecular formula is C16H12F2N2O2. The van der Waals surface area contributed by atoms with Gasteiger partial charge in [-0.05, 0) is 30.3 Å². The highest BCUT2D eigenvalue weighted by Crippen LogP contribution is 2.08. The maximum Gasteiger partial charge on any atom is 0.252 e. The summed E-state index contributed by atoms with van der Waals surface area (Å²) in [5, 5.41) is 2.47. The Labute approximate surface area is 126 Å². The van der Waals surface area contributed by atoms with Crippen LogP contribution < -0.4 is 10.1 Å². The molecule has 0 fully saturated rings. The lowest BCUT2D eigenvalue weighted by Gasteiger charge is -2.02. The topological polar surface area (TPSA) is 51.2 Å².